The normalized spacial score (nSPS) is 10.6. The topological polar surface area (TPSA) is 71.5 Å². The molecule has 5 nitrogen and oxygen atoms in total. The molecule has 0 unspecified atom stereocenters. The number of rotatable bonds is 6. The van der Waals surface area contributed by atoms with Crippen molar-refractivity contribution in [3.63, 3.8) is 0 Å². The average Bonchev–Trinajstić information content (AvgIpc) is 2.66. The molecule has 28 heavy (non-hydrogen) atoms. The highest BCUT2D eigenvalue weighted by Crippen LogP contribution is 2.35. The van der Waals surface area contributed by atoms with Crippen LogP contribution in [0.5, 0.6) is 11.5 Å². The zero-order valence-corrected chi connectivity index (χ0v) is 15.6. The molecule has 144 valence electrons. The molecule has 0 spiro atoms. The summed E-state index contributed by atoms with van der Waals surface area (Å²) in [4.78, 5) is 14.7. The molecule has 3 aromatic rings. The molecule has 0 bridgehead atoms. The summed E-state index contributed by atoms with van der Waals surface area (Å²) in [5.74, 6) is -2.67. The minimum Gasteiger partial charge on any atom is -0.477 e. The maximum absolute atomic E-state index is 13.9. The minimum atomic E-state index is -1.13. The van der Waals surface area contributed by atoms with Gasteiger partial charge in [0.1, 0.15) is 17.3 Å². The van der Waals surface area contributed by atoms with Gasteiger partial charge in [0.05, 0.1) is 21.9 Å². The summed E-state index contributed by atoms with van der Waals surface area (Å²) >= 11 is 12.1. The van der Waals surface area contributed by atoms with Crippen molar-refractivity contribution in [2.24, 2.45) is 0 Å². The molecule has 0 radical (unpaired) electrons. The first-order chi connectivity index (χ1) is 13.3. The minimum absolute atomic E-state index is 0.0871. The first-order valence-electron chi connectivity index (χ1n) is 7.87. The number of nitrogens with one attached hydrogen (secondary N) is 1. The van der Waals surface area contributed by atoms with E-state index >= 15 is 0 Å². The number of carbonyl (C=O) groups is 1. The number of pyridine rings is 1. The lowest BCUT2D eigenvalue weighted by Gasteiger charge is -2.14. The van der Waals surface area contributed by atoms with Crippen LogP contribution in [-0.2, 0) is 6.54 Å². The fraction of sp³-hybridized carbons (Fsp3) is 0.0526. The van der Waals surface area contributed by atoms with Gasteiger partial charge in [-0.15, -0.1) is 0 Å². The summed E-state index contributed by atoms with van der Waals surface area (Å²) in [6, 6.07) is 8.82. The molecule has 3 rings (SSSR count). The Labute approximate surface area is 168 Å². The highest BCUT2D eigenvalue weighted by molar-refractivity contribution is 6.42. The van der Waals surface area contributed by atoms with E-state index in [0.29, 0.717) is 17.3 Å². The third kappa shape index (κ3) is 4.68. The molecule has 0 fully saturated rings. The number of nitrogens with zero attached hydrogens (tertiary/aromatic N) is 1. The second kappa shape index (κ2) is 8.41. The Morgan fingerprint density at radius 3 is 2.46 bits per heavy atom. The predicted molar refractivity (Wildman–Crippen MR) is 101 cm³/mol. The van der Waals surface area contributed by atoms with Crippen molar-refractivity contribution in [3.05, 3.63) is 81.6 Å². The average molecular weight is 425 g/mol. The molecule has 0 saturated carbocycles. The molecule has 0 aliphatic carbocycles. The Bertz CT molecular complexity index is 1030. The van der Waals surface area contributed by atoms with Crippen LogP contribution in [0.25, 0.3) is 0 Å². The summed E-state index contributed by atoms with van der Waals surface area (Å²) < 4.78 is 32.5. The quantitative estimate of drug-likeness (QED) is 0.525. The third-order valence-corrected chi connectivity index (χ3v) is 4.40. The van der Waals surface area contributed by atoms with Crippen LogP contribution >= 0.6 is 23.2 Å². The van der Waals surface area contributed by atoms with Crippen LogP contribution in [0.2, 0.25) is 10.0 Å². The van der Waals surface area contributed by atoms with Crippen LogP contribution in [0, 0.1) is 11.6 Å². The van der Waals surface area contributed by atoms with Crippen molar-refractivity contribution in [1.29, 1.82) is 0 Å². The van der Waals surface area contributed by atoms with Crippen LogP contribution in [0.1, 0.15) is 16.1 Å². The smallest absolute Gasteiger partial charge is 0.354 e. The molecule has 0 aliphatic heterocycles. The first-order valence-corrected chi connectivity index (χ1v) is 8.63. The summed E-state index contributed by atoms with van der Waals surface area (Å²) in [6.07, 6.45) is 1.36. The Morgan fingerprint density at radius 2 is 1.82 bits per heavy atom. The first kappa shape index (κ1) is 19.9. The molecule has 2 aromatic carbocycles. The van der Waals surface area contributed by atoms with Crippen LogP contribution in [0.4, 0.5) is 14.5 Å². The largest absolute Gasteiger partial charge is 0.477 e. The Hall–Kier alpha value is -2.90. The lowest BCUT2D eigenvalue weighted by molar-refractivity contribution is 0.0690. The number of hydrogen-bond acceptors (Lipinski definition) is 4. The van der Waals surface area contributed by atoms with Gasteiger partial charge in [-0.05, 0) is 30.3 Å². The van der Waals surface area contributed by atoms with Crippen molar-refractivity contribution in [1.82, 2.24) is 4.98 Å². The number of hydrogen-bond donors (Lipinski definition) is 2. The highest BCUT2D eigenvalue weighted by atomic mass is 35.5. The zero-order chi connectivity index (χ0) is 20.3. The summed E-state index contributed by atoms with van der Waals surface area (Å²) in [5, 5.41) is 12.4. The number of aromatic nitrogens is 1. The highest BCUT2D eigenvalue weighted by Gasteiger charge is 2.13. The van der Waals surface area contributed by atoms with E-state index in [9.17, 15) is 13.6 Å². The van der Waals surface area contributed by atoms with Crippen molar-refractivity contribution in [2.75, 3.05) is 5.32 Å². The summed E-state index contributed by atoms with van der Waals surface area (Å²) in [5.41, 5.74) is 1.01. The maximum Gasteiger partial charge on any atom is 0.354 e. The summed E-state index contributed by atoms with van der Waals surface area (Å²) in [7, 11) is 0. The van der Waals surface area contributed by atoms with E-state index in [1.54, 1.807) is 12.1 Å². The van der Waals surface area contributed by atoms with Crippen LogP contribution in [0.15, 0.2) is 48.7 Å². The van der Waals surface area contributed by atoms with E-state index in [1.807, 2.05) is 0 Å². The van der Waals surface area contributed by atoms with Gasteiger partial charge in [-0.1, -0.05) is 23.2 Å². The van der Waals surface area contributed by atoms with Crippen molar-refractivity contribution in [2.45, 2.75) is 6.54 Å². The molecule has 0 atom stereocenters. The molecule has 9 heteroatoms. The van der Waals surface area contributed by atoms with Crippen molar-refractivity contribution >= 4 is 34.9 Å². The van der Waals surface area contributed by atoms with Crippen molar-refractivity contribution < 1.29 is 23.4 Å². The van der Waals surface area contributed by atoms with E-state index in [2.05, 4.69) is 10.3 Å². The molecular formula is C19H12Cl2F2N2O3. The van der Waals surface area contributed by atoms with E-state index in [4.69, 9.17) is 33.0 Å². The van der Waals surface area contributed by atoms with E-state index in [0.717, 1.165) is 6.07 Å². The predicted octanol–water partition coefficient (Wildman–Crippen LogP) is 5.77. The fourth-order valence-electron chi connectivity index (χ4n) is 2.30. The van der Waals surface area contributed by atoms with Gasteiger partial charge < -0.3 is 15.2 Å². The standard InChI is InChI=1S/C19H12Cl2F2N2O3/c20-13-5-10(8-24-12-2-3-16(19(26)27)25-9-12)18(7-14(13)21)28-17-4-1-11(22)6-15(17)23/h1-7,9,24H,8H2,(H,26,27). The van der Waals surface area contributed by atoms with Gasteiger partial charge in [0.15, 0.2) is 11.6 Å². The van der Waals surface area contributed by atoms with Gasteiger partial charge in [-0.25, -0.2) is 18.6 Å². The third-order valence-electron chi connectivity index (χ3n) is 3.68. The van der Waals surface area contributed by atoms with Gasteiger partial charge in [-0.2, -0.15) is 0 Å². The number of halogens is 4. The SMILES string of the molecule is O=C(O)c1ccc(NCc2cc(Cl)c(Cl)cc2Oc2ccc(F)cc2F)cn1. The molecule has 2 N–H and O–H groups in total. The van der Waals surface area contributed by atoms with Crippen molar-refractivity contribution in [3.8, 4) is 11.5 Å². The van der Waals surface area contributed by atoms with E-state index in [-0.39, 0.29) is 33.8 Å². The molecular weight excluding hydrogens is 413 g/mol. The Kier molecular flexibility index (Phi) is 5.96. The number of anilines is 1. The van der Waals surface area contributed by atoms with E-state index < -0.39 is 17.6 Å². The lowest BCUT2D eigenvalue weighted by Crippen LogP contribution is -2.04. The second-order valence-corrected chi connectivity index (χ2v) is 6.46. The number of aromatic carboxylic acids is 1. The van der Waals surface area contributed by atoms with Gasteiger partial charge >= 0.3 is 5.97 Å². The number of ether oxygens (including phenoxy) is 1. The Morgan fingerprint density at radius 1 is 1.07 bits per heavy atom. The van der Waals surface area contributed by atoms with Crippen LogP contribution in [-0.4, -0.2) is 16.1 Å². The molecule has 1 aromatic heterocycles. The number of benzene rings is 2. The second-order valence-electron chi connectivity index (χ2n) is 5.64. The summed E-state index contributed by atoms with van der Waals surface area (Å²) in [6.45, 7) is 0.198. The van der Waals surface area contributed by atoms with E-state index in [1.165, 1.54) is 24.4 Å². The molecule has 1 heterocycles. The van der Waals surface area contributed by atoms with Gasteiger partial charge in [0, 0.05) is 24.2 Å². The Balaban J connectivity index is 1.83. The fourth-order valence-corrected chi connectivity index (χ4v) is 2.64. The molecule has 0 aliphatic rings. The zero-order valence-electron chi connectivity index (χ0n) is 14.0. The molecule has 0 amide bonds. The van der Waals surface area contributed by atoms with Crippen LogP contribution in [0.3, 0.4) is 0 Å². The van der Waals surface area contributed by atoms with Gasteiger partial charge in [0.25, 0.3) is 0 Å². The number of carboxylic acids is 1. The molecule has 0 saturated heterocycles. The van der Waals surface area contributed by atoms with Gasteiger partial charge in [-0.3, -0.25) is 0 Å². The monoisotopic (exact) mass is 424 g/mol. The lowest BCUT2D eigenvalue weighted by atomic mass is 10.2. The van der Waals surface area contributed by atoms with Gasteiger partial charge in [0.2, 0.25) is 0 Å². The maximum atomic E-state index is 13.9. The van der Waals surface area contributed by atoms with Crippen LogP contribution < -0.4 is 10.1 Å². The number of carboxylic acid groups (broad SMARTS) is 1.